The highest BCUT2D eigenvalue weighted by atomic mass is 35.5. The fourth-order valence-electron chi connectivity index (χ4n) is 0.945. The lowest BCUT2D eigenvalue weighted by molar-refractivity contribution is -0.605. The number of nitrogens with two attached hydrogens (primary N) is 1. The Bertz CT molecular complexity index is 331. The largest absolute Gasteiger partial charge is 0.619 e. The zero-order valence-electron chi connectivity index (χ0n) is 8.34. The average Bonchev–Trinajstić information content (AvgIpc) is 2.14. The number of carbonyl (C=O) groups is 1. The van der Waals surface area contributed by atoms with Crippen LogP contribution in [0.15, 0.2) is 24.5 Å². The van der Waals surface area contributed by atoms with Crippen LogP contribution in [0.25, 0.3) is 0 Å². The number of pyridine rings is 1. The van der Waals surface area contributed by atoms with E-state index in [1.165, 1.54) is 18.5 Å². The Balaban J connectivity index is 0.00000196. The molecule has 84 valence electrons. The van der Waals surface area contributed by atoms with Crippen LogP contribution in [-0.2, 0) is 0 Å². The van der Waals surface area contributed by atoms with Crippen molar-refractivity contribution in [2.24, 2.45) is 5.73 Å². The molecule has 0 fully saturated rings. The van der Waals surface area contributed by atoms with Gasteiger partial charge < -0.3 is 16.3 Å². The molecule has 5 nitrogen and oxygen atoms in total. The summed E-state index contributed by atoms with van der Waals surface area (Å²) < 4.78 is 0.584. The molecular weight excluding hydrogens is 218 g/mol. The van der Waals surface area contributed by atoms with Gasteiger partial charge in [0.15, 0.2) is 12.4 Å². The topological polar surface area (TPSA) is 82.1 Å². The average molecular weight is 232 g/mol. The summed E-state index contributed by atoms with van der Waals surface area (Å²) >= 11 is 0. The number of aromatic nitrogens is 1. The third kappa shape index (κ3) is 4.62. The molecule has 0 saturated heterocycles. The predicted octanol–water partition coefficient (Wildman–Crippen LogP) is -0.181. The summed E-state index contributed by atoms with van der Waals surface area (Å²) in [5, 5.41) is 13.5. The zero-order chi connectivity index (χ0) is 10.6. The second-order valence-electron chi connectivity index (χ2n) is 3.14. The highest BCUT2D eigenvalue weighted by molar-refractivity contribution is 5.93. The van der Waals surface area contributed by atoms with Crippen LogP contribution >= 0.6 is 12.4 Å². The normalized spacial score (nSPS) is 11.3. The van der Waals surface area contributed by atoms with Gasteiger partial charge in [0.25, 0.3) is 5.91 Å². The summed E-state index contributed by atoms with van der Waals surface area (Å²) in [7, 11) is 0. The van der Waals surface area contributed by atoms with Gasteiger partial charge >= 0.3 is 0 Å². The molecule has 1 atom stereocenters. The maximum atomic E-state index is 11.4. The molecule has 1 heterocycles. The number of halogens is 1. The van der Waals surface area contributed by atoms with Crippen molar-refractivity contribution in [3.63, 3.8) is 0 Å². The molecular formula is C9H14ClN3O2. The lowest BCUT2D eigenvalue weighted by Gasteiger charge is -2.06. The van der Waals surface area contributed by atoms with Crippen molar-refractivity contribution in [1.29, 1.82) is 0 Å². The highest BCUT2D eigenvalue weighted by Crippen LogP contribution is 1.93. The minimum Gasteiger partial charge on any atom is -0.619 e. The number of nitrogens with zero attached hydrogens (tertiary/aromatic N) is 1. The standard InChI is InChI=1S/C9H13N3O2.ClH/c1-7(10)5-11-9(13)8-3-2-4-12(14)6-8;/h2-4,6-7H,5,10H2,1H3,(H,11,13);1H. The van der Waals surface area contributed by atoms with Crippen molar-refractivity contribution < 1.29 is 9.52 Å². The van der Waals surface area contributed by atoms with Gasteiger partial charge in [-0.2, -0.15) is 4.73 Å². The van der Waals surface area contributed by atoms with Crippen molar-refractivity contribution >= 4 is 18.3 Å². The molecule has 0 bridgehead atoms. The highest BCUT2D eigenvalue weighted by Gasteiger charge is 2.08. The quantitative estimate of drug-likeness (QED) is 0.559. The van der Waals surface area contributed by atoms with Crippen LogP contribution in [0.4, 0.5) is 0 Å². The fourth-order valence-corrected chi connectivity index (χ4v) is 0.945. The first-order valence-corrected chi connectivity index (χ1v) is 4.32. The number of carbonyl (C=O) groups excluding carboxylic acids is 1. The second kappa shape index (κ2) is 6.21. The summed E-state index contributed by atoms with van der Waals surface area (Å²) in [6.07, 6.45) is 2.54. The van der Waals surface area contributed by atoms with Crippen molar-refractivity contribution in [3.05, 3.63) is 35.3 Å². The molecule has 0 aliphatic carbocycles. The van der Waals surface area contributed by atoms with E-state index in [1.807, 2.05) is 0 Å². The Morgan fingerprint density at radius 3 is 2.93 bits per heavy atom. The number of nitrogens with one attached hydrogen (secondary N) is 1. The van der Waals surface area contributed by atoms with E-state index in [2.05, 4.69) is 5.32 Å². The SMILES string of the molecule is CC(N)CNC(=O)c1ccc[n+]([O-])c1.Cl. The molecule has 0 aromatic carbocycles. The molecule has 0 aliphatic heterocycles. The lowest BCUT2D eigenvalue weighted by atomic mass is 10.2. The number of rotatable bonds is 3. The monoisotopic (exact) mass is 231 g/mol. The first-order valence-electron chi connectivity index (χ1n) is 4.32. The predicted molar refractivity (Wildman–Crippen MR) is 58.6 cm³/mol. The summed E-state index contributed by atoms with van der Waals surface area (Å²) in [5.41, 5.74) is 5.80. The molecule has 1 rings (SSSR count). The third-order valence-electron chi connectivity index (χ3n) is 1.62. The van der Waals surface area contributed by atoms with Crippen molar-refractivity contribution in [2.75, 3.05) is 6.54 Å². The number of hydrogen-bond acceptors (Lipinski definition) is 3. The van der Waals surface area contributed by atoms with Crippen LogP contribution in [0.3, 0.4) is 0 Å². The molecule has 1 aromatic rings. The second-order valence-corrected chi connectivity index (χ2v) is 3.14. The first kappa shape index (κ1) is 13.7. The Morgan fingerprint density at radius 1 is 1.73 bits per heavy atom. The van der Waals surface area contributed by atoms with Crippen molar-refractivity contribution in [2.45, 2.75) is 13.0 Å². The van der Waals surface area contributed by atoms with E-state index in [0.717, 1.165) is 0 Å². The van der Waals surface area contributed by atoms with E-state index in [0.29, 0.717) is 16.8 Å². The third-order valence-corrected chi connectivity index (χ3v) is 1.62. The number of hydrogen-bond donors (Lipinski definition) is 2. The molecule has 0 radical (unpaired) electrons. The summed E-state index contributed by atoms with van der Waals surface area (Å²) in [5.74, 6) is -0.285. The van der Waals surface area contributed by atoms with Gasteiger partial charge in [-0.3, -0.25) is 4.79 Å². The molecule has 1 unspecified atom stereocenters. The van der Waals surface area contributed by atoms with Crippen LogP contribution < -0.4 is 15.8 Å². The molecule has 1 amide bonds. The summed E-state index contributed by atoms with van der Waals surface area (Å²) in [6.45, 7) is 2.19. The van der Waals surface area contributed by atoms with Gasteiger partial charge in [-0.15, -0.1) is 12.4 Å². The van der Waals surface area contributed by atoms with Crippen LogP contribution in [0.5, 0.6) is 0 Å². The fraction of sp³-hybridized carbons (Fsp3) is 0.333. The van der Waals surface area contributed by atoms with Crippen LogP contribution in [0.2, 0.25) is 0 Å². The summed E-state index contributed by atoms with van der Waals surface area (Å²) in [6, 6.07) is 3.00. The van der Waals surface area contributed by atoms with Crippen LogP contribution in [0, 0.1) is 5.21 Å². The molecule has 1 aromatic heterocycles. The number of amides is 1. The molecule has 3 N–H and O–H groups in total. The van der Waals surface area contributed by atoms with Gasteiger partial charge in [-0.05, 0) is 13.0 Å². The molecule has 0 aliphatic rings. The van der Waals surface area contributed by atoms with E-state index in [4.69, 9.17) is 5.73 Å². The smallest absolute Gasteiger partial charge is 0.257 e. The molecule has 0 spiro atoms. The van der Waals surface area contributed by atoms with Gasteiger partial charge in [-0.25, -0.2) is 0 Å². The van der Waals surface area contributed by atoms with E-state index in [-0.39, 0.29) is 24.4 Å². The first-order chi connectivity index (χ1) is 6.59. The minimum absolute atomic E-state index is 0. The lowest BCUT2D eigenvalue weighted by Crippen LogP contribution is -2.36. The molecule has 6 heteroatoms. The van der Waals surface area contributed by atoms with Crippen molar-refractivity contribution in [1.82, 2.24) is 5.32 Å². The molecule has 0 saturated carbocycles. The van der Waals surface area contributed by atoms with Gasteiger partial charge in [0.05, 0.1) is 0 Å². The van der Waals surface area contributed by atoms with Crippen molar-refractivity contribution in [3.8, 4) is 0 Å². The Morgan fingerprint density at radius 2 is 2.40 bits per heavy atom. The minimum atomic E-state index is -0.285. The Labute approximate surface area is 94.3 Å². The van der Waals surface area contributed by atoms with Gasteiger partial charge in [0.1, 0.15) is 5.56 Å². The van der Waals surface area contributed by atoms with Gasteiger partial charge in [0, 0.05) is 18.7 Å². The van der Waals surface area contributed by atoms with E-state index < -0.39 is 0 Å². The van der Waals surface area contributed by atoms with Gasteiger partial charge in [-0.1, -0.05) is 0 Å². The van der Waals surface area contributed by atoms with Crippen LogP contribution in [0.1, 0.15) is 17.3 Å². The Kier molecular flexibility index (Phi) is 5.66. The van der Waals surface area contributed by atoms with E-state index >= 15 is 0 Å². The van der Waals surface area contributed by atoms with Crippen LogP contribution in [-0.4, -0.2) is 18.5 Å². The maximum Gasteiger partial charge on any atom is 0.257 e. The maximum absolute atomic E-state index is 11.4. The molecule has 15 heavy (non-hydrogen) atoms. The Hall–Kier alpha value is -1.33. The van der Waals surface area contributed by atoms with Gasteiger partial charge in [0.2, 0.25) is 0 Å². The van der Waals surface area contributed by atoms with E-state index in [9.17, 15) is 10.0 Å². The zero-order valence-corrected chi connectivity index (χ0v) is 9.16. The summed E-state index contributed by atoms with van der Waals surface area (Å²) in [4.78, 5) is 11.4. The van der Waals surface area contributed by atoms with E-state index in [1.54, 1.807) is 13.0 Å².